The molecule has 0 N–H and O–H groups in total. The fraction of sp³-hybridized carbons (Fsp3) is 0.105. The van der Waals surface area contributed by atoms with E-state index in [1.807, 2.05) is 0 Å². The number of esters is 1. The minimum absolute atomic E-state index is 0.0425. The molecule has 0 aliphatic rings. The Morgan fingerprint density at radius 1 is 1.07 bits per heavy atom. The molecule has 0 aliphatic carbocycles. The zero-order valence-electron chi connectivity index (χ0n) is 14.5. The molecule has 8 nitrogen and oxygen atoms in total. The molecule has 0 amide bonds. The van der Waals surface area contributed by atoms with Crippen molar-refractivity contribution in [2.75, 3.05) is 7.11 Å². The molecule has 0 bridgehead atoms. The number of rotatable bonds is 3. The molecule has 134 valence electrons. The SMILES string of the molecule is COC(=O)c1cnn2c1ncc1c(=O)n(-c3ccc(C(C)=O)cc3)ccc12. The lowest BCUT2D eigenvalue weighted by Crippen LogP contribution is -2.19. The fourth-order valence-electron chi connectivity index (χ4n) is 2.93. The second-order valence-corrected chi connectivity index (χ2v) is 5.94. The van der Waals surface area contributed by atoms with Crippen LogP contribution in [0.25, 0.3) is 22.2 Å². The first-order valence-electron chi connectivity index (χ1n) is 8.09. The smallest absolute Gasteiger partial charge is 0.343 e. The molecule has 1 aromatic carbocycles. The molecule has 0 aliphatic heterocycles. The summed E-state index contributed by atoms with van der Waals surface area (Å²) in [5.74, 6) is -0.588. The monoisotopic (exact) mass is 362 g/mol. The van der Waals surface area contributed by atoms with Gasteiger partial charge >= 0.3 is 5.97 Å². The van der Waals surface area contributed by atoms with Gasteiger partial charge in [-0.25, -0.2) is 14.3 Å². The van der Waals surface area contributed by atoms with Crippen LogP contribution < -0.4 is 5.56 Å². The summed E-state index contributed by atoms with van der Waals surface area (Å²) in [6.07, 6.45) is 4.40. The van der Waals surface area contributed by atoms with Gasteiger partial charge in [-0.15, -0.1) is 0 Å². The van der Waals surface area contributed by atoms with Crippen LogP contribution in [-0.2, 0) is 4.74 Å². The van der Waals surface area contributed by atoms with Crippen molar-refractivity contribution in [3.05, 3.63) is 70.4 Å². The summed E-state index contributed by atoms with van der Waals surface area (Å²) in [7, 11) is 1.28. The van der Waals surface area contributed by atoms with Crippen molar-refractivity contribution in [1.29, 1.82) is 0 Å². The maximum atomic E-state index is 12.9. The minimum Gasteiger partial charge on any atom is -0.465 e. The number of methoxy groups -OCH3 is 1. The standard InChI is InChI=1S/C19H14N4O4/c1-11(24)12-3-5-13(6-4-12)22-8-7-16-14(18(22)25)9-20-17-15(19(26)27-2)10-21-23(16)17/h3-10H,1-2H3. The molecule has 0 saturated carbocycles. The minimum atomic E-state index is -0.546. The lowest BCUT2D eigenvalue weighted by molar-refractivity contribution is 0.0602. The molecule has 27 heavy (non-hydrogen) atoms. The van der Waals surface area contributed by atoms with Crippen LogP contribution in [-0.4, -0.2) is 38.0 Å². The summed E-state index contributed by atoms with van der Waals surface area (Å²) < 4.78 is 7.62. The molecule has 0 atom stereocenters. The van der Waals surface area contributed by atoms with Crippen LogP contribution in [0, 0.1) is 0 Å². The van der Waals surface area contributed by atoms with Gasteiger partial charge in [0.1, 0.15) is 5.56 Å². The number of carbonyl (C=O) groups excluding carboxylic acids is 2. The van der Waals surface area contributed by atoms with Gasteiger partial charge in [-0.2, -0.15) is 5.10 Å². The Morgan fingerprint density at radius 2 is 1.81 bits per heavy atom. The number of aromatic nitrogens is 4. The van der Waals surface area contributed by atoms with Crippen molar-refractivity contribution < 1.29 is 14.3 Å². The molecule has 0 radical (unpaired) electrons. The van der Waals surface area contributed by atoms with E-state index in [9.17, 15) is 14.4 Å². The zero-order chi connectivity index (χ0) is 19.1. The topological polar surface area (TPSA) is 95.6 Å². The predicted molar refractivity (Wildman–Crippen MR) is 97.4 cm³/mol. The highest BCUT2D eigenvalue weighted by Gasteiger charge is 2.17. The van der Waals surface area contributed by atoms with E-state index >= 15 is 0 Å². The lowest BCUT2D eigenvalue weighted by Gasteiger charge is -2.08. The molecule has 3 aromatic heterocycles. The molecule has 0 fully saturated rings. The summed E-state index contributed by atoms with van der Waals surface area (Å²) in [4.78, 5) is 40.3. The molecular formula is C19H14N4O4. The Balaban J connectivity index is 1.90. The first-order chi connectivity index (χ1) is 13.0. The van der Waals surface area contributed by atoms with Crippen LogP contribution in [0.3, 0.4) is 0 Å². The van der Waals surface area contributed by atoms with E-state index in [-0.39, 0.29) is 16.9 Å². The van der Waals surface area contributed by atoms with E-state index in [2.05, 4.69) is 10.1 Å². The molecule has 0 saturated heterocycles. The van der Waals surface area contributed by atoms with Crippen molar-refractivity contribution in [3.63, 3.8) is 0 Å². The number of ether oxygens (including phenoxy) is 1. The molecule has 8 heteroatoms. The van der Waals surface area contributed by atoms with Crippen molar-refractivity contribution in [3.8, 4) is 5.69 Å². The van der Waals surface area contributed by atoms with E-state index in [4.69, 9.17) is 4.74 Å². The average Bonchev–Trinajstić information content (AvgIpc) is 3.12. The number of ketones is 1. The van der Waals surface area contributed by atoms with Crippen molar-refractivity contribution in [2.45, 2.75) is 6.92 Å². The van der Waals surface area contributed by atoms with E-state index < -0.39 is 5.97 Å². The Hall–Kier alpha value is -3.81. The number of hydrogen-bond acceptors (Lipinski definition) is 6. The van der Waals surface area contributed by atoms with Crippen molar-refractivity contribution >= 4 is 28.3 Å². The Morgan fingerprint density at radius 3 is 2.48 bits per heavy atom. The first kappa shape index (κ1) is 16.6. The van der Waals surface area contributed by atoms with Crippen molar-refractivity contribution in [1.82, 2.24) is 19.2 Å². The molecule has 3 heterocycles. The van der Waals surface area contributed by atoms with E-state index in [0.29, 0.717) is 27.8 Å². The van der Waals surface area contributed by atoms with Crippen LogP contribution in [0.1, 0.15) is 27.6 Å². The van der Waals surface area contributed by atoms with Gasteiger partial charge in [-0.3, -0.25) is 14.2 Å². The van der Waals surface area contributed by atoms with Gasteiger partial charge in [-0.1, -0.05) is 0 Å². The quantitative estimate of drug-likeness (QED) is 0.409. The number of carbonyl (C=O) groups is 2. The third-order valence-electron chi connectivity index (χ3n) is 4.35. The zero-order valence-corrected chi connectivity index (χ0v) is 14.5. The molecule has 4 rings (SSSR count). The van der Waals surface area contributed by atoms with Gasteiger partial charge in [0.15, 0.2) is 11.4 Å². The number of hydrogen-bond donors (Lipinski definition) is 0. The van der Waals surface area contributed by atoms with E-state index in [1.165, 1.54) is 35.5 Å². The lowest BCUT2D eigenvalue weighted by atomic mass is 10.1. The molecule has 0 unspecified atom stereocenters. The number of benzene rings is 1. The van der Waals surface area contributed by atoms with Crippen LogP contribution in [0.4, 0.5) is 0 Å². The third-order valence-corrected chi connectivity index (χ3v) is 4.35. The molecule has 4 aromatic rings. The largest absolute Gasteiger partial charge is 0.465 e. The van der Waals surface area contributed by atoms with Gasteiger partial charge in [0.25, 0.3) is 5.56 Å². The van der Waals surface area contributed by atoms with Crippen LogP contribution in [0.15, 0.2) is 53.7 Å². The number of Topliss-reactive ketones (excluding diaryl/α,β-unsaturated/α-hetero) is 1. The Bertz CT molecular complexity index is 1270. The number of pyridine rings is 1. The molecular weight excluding hydrogens is 348 g/mol. The Kier molecular flexibility index (Phi) is 3.80. The summed E-state index contributed by atoms with van der Waals surface area (Å²) in [5, 5.41) is 4.51. The normalized spacial score (nSPS) is 11.0. The second-order valence-electron chi connectivity index (χ2n) is 5.94. The van der Waals surface area contributed by atoms with Gasteiger partial charge in [0, 0.05) is 23.6 Å². The van der Waals surface area contributed by atoms with E-state index in [1.54, 1.807) is 36.5 Å². The maximum absolute atomic E-state index is 12.9. The average molecular weight is 362 g/mol. The van der Waals surface area contributed by atoms with Gasteiger partial charge < -0.3 is 4.74 Å². The second kappa shape index (κ2) is 6.17. The summed E-state index contributed by atoms with van der Waals surface area (Å²) in [6, 6.07) is 8.48. The Labute approximate surface area is 152 Å². The van der Waals surface area contributed by atoms with Gasteiger partial charge in [0.05, 0.1) is 24.2 Å². The van der Waals surface area contributed by atoms with Crippen LogP contribution in [0.2, 0.25) is 0 Å². The number of nitrogens with zero attached hydrogens (tertiary/aromatic N) is 4. The number of fused-ring (bicyclic) bond motifs is 3. The summed E-state index contributed by atoms with van der Waals surface area (Å²) in [5.41, 5.74) is 1.98. The van der Waals surface area contributed by atoms with Crippen LogP contribution in [0.5, 0.6) is 0 Å². The predicted octanol–water partition coefficient (Wildman–Crippen LogP) is 2.02. The highest BCUT2D eigenvalue weighted by molar-refractivity contribution is 5.97. The third kappa shape index (κ3) is 2.58. The fourth-order valence-corrected chi connectivity index (χ4v) is 2.93. The van der Waals surface area contributed by atoms with Gasteiger partial charge in [-0.05, 0) is 37.3 Å². The van der Waals surface area contributed by atoms with E-state index in [0.717, 1.165) is 0 Å². The highest BCUT2D eigenvalue weighted by Crippen LogP contribution is 2.17. The molecule has 0 spiro atoms. The first-order valence-corrected chi connectivity index (χ1v) is 8.09. The highest BCUT2D eigenvalue weighted by atomic mass is 16.5. The van der Waals surface area contributed by atoms with Crippen molar-refractivity contribution in [2.24, 2.45) is 0 Å². The summed E-state index contributed by atoms with van der Waals surface area (Å²) >= 11 is 0. The van der Waals surface area contributed by atoms with Gasteiger partial charge in [0.2, 0.25) is 0 Å². The van der Waals surface area contributed by atoms with Crippen LogP contribution >= 0.6 is 0 Å². The summed E-state index contributed by atoms with van der Waals surface area (Å²) in [6.45, 7) is 1.49. The maximum Gasteiger partial charge on any atom is 0.343 e.